The fourth-order valence-corrected chi connectivity index (χ4v) is 3.11. The maximum atomic E-state index is 12.2. The quantitative estimate of drug-likeness (QED) is 0.849. The number of sulfonamides is 1. The number of anilines is 1. The number of pyridine rings is 1. The number of aromatic nitrogens is 1. The predicted molar refractivity (Wildman–Crippen MR) is 79.1 cm³/mol. The summed E-state index contributed by atoms with van der Waals surface area (Å²) in [6.07, 6.45) is 4.02. The van der Waals surface area contributed by atoms with Gasteiger partial charge in [0.15, 0.2) is 0 Å². The highest BCUT2D eigenvalue weighted by atomic mass is 32.2. The van der Waals surface area contributed by atoms with Crippen molar-refractivity contribution in [2.75, 3.05) is 18.9 Å². The Morgan fingerprint density at radius 2 is 1.80 bits per heavy atom. The van der Waals surface area contributed by atoms with Crippen molar-refractivity contribution in [3.8, 4) is 0 Å². The second-order valence-electron chi connectivity index (χ2n) is 4.25. The molecule has 1 aromatic carbocycles. The van der Waals surface area contributed by atoms with Crippen molar-refractivity contribution in [3.05, 3.63) is 54.4 Å². The minimum Gasteiger partial charge on any atom is -0.387 e. The van der Waals surface area contributed by atoms with Crippen molar-refractivity contribution in [1.82, 2.24) is 9.71 Å². The molecule has 1 aromatic heterocycles. The molecule has 0 fully saturated rings. The van der Waals surface area contributed by atoms with Gasteiger partial charge in [-0.2, -0.15) is 0 Å². The Labute approximate surface area is 119 Å². The normalized spacial score (nSPS) is 11.2. The highest BCUT2D eigenvalue weighted by Gasteiger charge is 2.16. The zero-order valence-corrected chi connectivity index (χ0v) is 12.0. The van der Waals surface area contributed by atoms with Gasteiger partial charge in [-0.15, -0.1) is 0 Å². The Bertz CT molecular complexity index is 657. The van der Waals surface area contributed by atoms with Crippen LogP contribution >= 0.6 is 0 Å². The zero-order valence-electron chi connectivity index (χ0n) is 11.2. The van der Waals surface area contributed by atoms with E-state index in [9.17, 15) is 8.42 Å². The van der Waals surface area contributed by atoms with Gasteiger partial charge in [-0.3, -0.25) is 4.98 Å². The molecular weight excluding hydrogens is 274 g/mol. The van der Waals surface area contributed by atoms with E-state index in [1.807, 2.05) is 12.1 Å². The van der Waals surface area contributed by atoms with Gasteiger partial charge in [-0.05, 0) is 36.2 Å². The molecule has 2 aromatic rings. The molecule has 1 heterocycles. The lowest BCUT2D eigenvalue weighted by Crippen LogP contribution is -2.26. The third-order valence-corrected chi connectivity index (χ3v) is 4.42. The Kier molecular flexibility index (Phi) is 4.70. The molecule has 0 saturated carbocycles. The van der Waals surface area contributed by atoms with Crippen LogP contribution in [0, 0.1) is 0 Å². The largest absolute Gasteiger partial charge is 0.387 e. The molecule has 0 atom stereocenters. The first-order chi connectivity index (χ1) is 9.63. The van der Waals surface area contributed by atoms with E-state index in [0.717, 1.165) is 5.56 Å². The summed E-state index contributed by atoms with van der Waals surface area (Å²) in [5, 5.41) is 2.88. The lowest BCUT2D eigenvalue weighted by molar-refractivity contribution is 0.582. The van der Waals surface area contributed by atoms with Crippen molar-refractivity contribution < 1.29 is 8.42 Å². The monoisotopic (exact) mass is 291 g/mol. The number of rotatable bonds is 6. The Morgan fingerprint density at radius 1 is 1.10 bits per heavy atom. The van der Waals surface area contributed by atoms with Crippen molar-refractivity contribution in [2.24, 2.45) is 0 Å². The van der Waals surface area contributed by atoms with Crippen molar-refractivity contribution in [1.29, 1.82) is 0 Å². The van der Waals surface area contributed by atoms with Crippen molar-refractivity contribution >= 4 is 15.7 Å². The number of nitrogens with one attached hydrogen (secondary N) is 2. The van der Waals surface area contributed by atoms with E-state index in [0.29, 0.717) is 18.7 Å². The molecule has 2 rings (SSSR count). The third kappa shape index (κ3) is 3.55. The molecule has 2 N–H and O–H groups in total. The molecule has 0 radical (unpaired) electrons. The molecule has 0 aliphatic carbocycles. The maximum Gasteiger partial charge on any atom is 0.242 e. The molecule has 0 saturated heterocycles. The molecule has 20 heavy (non-hydrogen) atoms. The first kappa shape index (κ1) is 14.5. The smallest absolute Gasteiger partial charge is 0.242 e. The number of benzene rings is 1. The number of hydrogen-bond donors (Lipinski definition) is 2. The van der Waals surface area contributed by atoms with Gasteiger partial charge >= 0.3 is 0 Å². The molecule has 6 heteroatoms. The molecule has 0 spiro atoms. The molecule has 0 aliphatic rings. The molecule has 0 unspecified atom stereocenters. The minimum absolute atomic E-state index is 0.261. The van der Waals surface area contributed by atoms with Crippen LogP contribution in [0.4, 0.5) is 5.69 Å². The van der Waals surface area contributed by atoms with Crippen LogP contribution in [0.5, 0.6) is 0 Å². The molecule has 0 aliphatic heterocycles. The highest BCUT2D eigenvalue weighted by Crippen LogP contribution is 2.19. The summed E-state index contributed by atoms with van der Waals surface area (Å²) in [6.45, 7) is 0.352. The van der Waals surface area contributed by atoms with Crippen LogP contribution in [-0.2, 0) is 16.4 Å². The second-order valence-corrected chi connectivity index (χ2v) is 5.98. The first-order valence-corrected chi connectivity index (χ1v) is 7.77. The fraction of sp³-hybridized carbons (Fsp3) is 0.214. The summed E-state index contributed by atoms with van der Waals surface area (Å²) in [6, 6.07) is 10.6. The van der Waals surface area contributed by atoms with Crippen LogP contribution in [0.1, 0.15) is 5.56 Å². The summed E-state index contributed by atoms with van der Waals surface area (Å²) in [4.78, 5) is 4.19. The SMILES string of the molecule is CNc1ccccc1S(=O)(=O)NCCc1ccncc1. The fourth-order valence-electron chi connectivity index (χ4n) is 1.86. The van der Waals surface area contributed by atoms with Gasteiger partial charge in [0.1, 0.15) is 4.90 Å². The van der Waals surface area contributed by atoms with Gasteiger partial charge in [0.2, 0.25) is 10.0 Å². The van der Waals surface area contributed by atoms with E-state index in [2.05, 4.69) is 15.0 Å². The van der Waals surface area contributed by atoms with E-state index in [1.54, 1.807) is 43.7 Å². The lowest BCUT2D eigenvalue weighted by atomic mass is 10.2. The van der Waals surface area contributed by atoms with Gasteiger partial charge < -0.3 is 5.32 Å². The van der Waals surface area contributed by atoms with Crippen LogP contribution in [0.15, 0.2) is 53.7 Å². The van der Waals surface area contributed by atoms with Crippen LogP contribution < -0.4 is 10.0 Å². The number of para-hydroxylation sites is 1. The maximum absolute atomic E-state index is 12.2. The summed E-state index contributed by atoms with van der Waals surface area (Å²) in [5.74, 6) is 0. The lowest BCUT2D eigenvalue weighted by Gasteiger charge is -2.11. The summed E-state index contributed by atoms with van der Waals surface area (Å²) in [5.41, 5.74) is 1.63. The summed E-state index contributed by atoms with van der Waals surface area (Å²) in [7, 11) is -1.80. The summed E-state index contributed by atoms with van der Waals surface area (Å²) < 4.78 is 27.1. The summed E-state index contributed by atoms with van der Waals surface area (Å²) >= 11 is 0. The topological polar surface area (TPSA) is 71.1 Å². The van der Waals surface area contributed by atoms with E-state index in [1.165, 1.54) is 0 Å². The van der Waals surface area contributed by atoms with Crippen molar-refractivity contribution in [3.63, 3.8) is 0 Å². The van der Waals surface area contributed by atoms with Crippen LogP contribution in [0.2, 0.25) is 0 Å². The van der Waals surface area contributed by atoms with E-state index in [4.69, 9.17) is 0 Å². The van der Waals surface area contributed by atoms with E-state index < -0.39 is 10.0 Å². The van der Waals surface area contributed by atoms with Crippen LogP contribution in [0.3, 0.4) is 0 Å². The average molecular weight is 291 g/mol. The van der Waals surface area contributed by atoms with Gasteiger partial charge in [0.05, 0.1) is 5.69 Å². The van der Waals surface area contributed by atoms with Gasteiger partial charge in [-0.25, -0.2) is 13.1 Å². The molecule has 5 nitrogen and oxygen atoms in total. The van der Waals surface area contributed by atoms with Crippen LogP contribution in [0.25, 0.3) is 0 Å². The van der Waals surface area contributed by atoms with Crippen LogP contribution in [-0.4, -0.2) is 27.0 Å². The third-order valence-electron chi connectivity index (χ3n) is 2.90. The Balaban J connectivity index is 2.04. The van der Waals surface area contributed by atoms with Gasteiger partial charge in [0, 0.05) is 26.0 Å². The zero-order chi connectivity index (χ0) is 14.4. The molecule has 0 bridgehead atoms. The van der Waals surface area contributed by atoms with E-state index in [-0.39, 0.29) is 4.90 Å². The predicted octanol–water partition coefficient (Wildman–Crippen LogP) is 1.64. The molecule has 0 amide bonds. The molecule has 106 valence electrons. The van der Waals surface area contributed by atoms with E-state index >= 15 is 0 Å². The highest BCUT2D eigenvalue weighted by molar-refractivity contribution is 7.89. The van der Waals surface area contributed by atoms with Gasteiger partial charge in [-0.1, -0.05) is 12.1 Å². The average Bonchev–Trinajstić information content (AvgIpc) is 2.48. The van der Waals surface area contributed by atoms with Crippen molar-refractivity contribution in [2.45, 2.75) is 11.3 Å². The standard InChI is InChI=1S/C14H17N3O2S/c1-15-13-4-2-3-5-14(13)20(18,19)17-11-8-12-6-9-16-10-7-12/h2-7,9-10,15,17H,8,11H2,1H3. The Hall–Kier alpha value is -1.92. The number of nitrogens with zero attached hydrogens (tertiary/aromatic N) is 1. The Morgan fingerprint density at radius 3 is 2.50 bits per heavy atom. The number of hydrogen-bond acceptors (Lipinski definition) is 4. The van der Waals surface area contributed by atoms with Gasteiger partial charge in [0.25, 0.3) is 0 Å². The minimum atomic E-state index is -3.50. The molecular formula is C14H17N3O2S. The second kappa shape index (κ2) is 6.49. The first-order valence-electron chi connectivity index (χ1n) is 6.29.